The Morgan fingerprint density at radius 2 is 1.80 bits per heavy atom. The number of para-hydroxylation sites is 1. The number of hydrogen-bond donors (Lipinski definition) is 2. The summed E-state index contributed by atoms with van der Waals surface area (Å²) < 4.78 is 4.70. The second-order valence-corrected chi connectivity index (χ2v) is 5.02. The summed E-state index contributed by atoms with van der Waals surface area (Å²) in [6, 6.07) is 17.9. The van der Waals surface area contributed by atoms with E-state index in [0.717, 1.165) is 5.56 Å². The molecule has 0 unspecified atom stereocenters. The van der Waals surface area contributed by atoms with Gasteiger partial charge in [0.05, 0.1) is 18.4 Å². The van der Waals surface area contributed by atoms with Crippen molar-refractivity contribution in [2.24, 2.45) is 0 Å². The highest BCUT2D eigenvalue weighted by Crippen LogP contribution is 2.16. The van der Waals surface area contributed by atoms with Gasteiger partial charge in [0.25, 0.3) is 5.91 Å². The third-order valence-corrected chi connectivity index (χ3v) is 3.37. The zero-order valence-corrected chi connectivity index (χ0v) is 13.7. The van der Waals surface area contributed by atoms with E-state index >= 15 is 0 Å². The van der Waals surface area contributed by atoms with Crippen LogP contribution in [0.1, 0.15) is 15.9 Å². The zero-order chi connectivity index (χ0) is 18.1. The third-order valence-electron chi connectivity index (χ3n) is 3.37. The molecule has 0 atom stereocenters. The van der Waals surface area contributed by atoms with Crippen molar-refractivity contribution in [2.75, 3.05) is 12.4 Å². The van der Waals surface area contributed by atoms with Crippen LogP contribution in [0.15, 0.2) is 66.4 Å². The van der Waals surface area contributed by atoms with E-state index < -0.39 is 11.9 Å². The molecular formula is C19H17N3O3. The number of ether oxygens (including phenoxy) is 1. The molecular weight excluding hydrogens is 318 g/mol. The standard InChI is InChI=1S/C19H17N3O3/c1-25-19(24)16-9-5-6-10-17(16)21-13-15(11-20)18(23)22-12-14-7-3-2-4-8-14/h2-10,13,21H,12H2,1H3,(H,22,23)/b15-13+. The minimum atomic E-state index is -0.511. The lowest BCUT2D eigenvalue weighted by atomic mass is 10.1. The zero-order valence-electron chi connectivity index (χ0n) is 13.7. The Hall–Kier alpha value is -3.59. The molecule has 0 saturated carbocycles. The van der Waals surface area contributed by atoms with E-state index in [1.165, 1.54) is 13.3 Å². The summed E-state index contributed by atoms with van der Waals surface area (Å²) in [5, 5.41) is 14.7. The molecule has 0 bridgehead atoms. The smallest absolute Gasteiger partial charge is 0.339 e. The Labute approximate surface area is 145 Å². The van der Waals surface area contributed by atoms with E-state index in [4.69, 9.17) is 4.74 Å². The second-order valence-electron chi connectivity index (χ2n) is 5.02. The van der Waals surface area contributed by atoms with Crippen LogP contribution in [0, 0.1) is 11.3 Å². The normalized spacial score (nSPS) is 10.5. The van der Waals surface area contributed by atoms with Gasteiger partial charge in [-0.1, -0.05) is 42.5 Å². The molecule has 0 aromatic heterocycles. The lowest BCUT2D eigenvalue weighted by molar-refractivity contribution is -0.117. The molecule has 6 nitrogen and oxygen atoms in total. The van der Waals surface area contributed by atoms with Gasteiger partial charge in [0.15, 0.2) is 0 Å². The minimum absolute atomic E-state index is 0.101. The van der Waals surface area contributed by atoms with E-state index in [2.05, 4.69) is 10.6 Å². The summed E-state index contributed by atoms with van der Waals surface area (Å²) >= 11 is 0. The van der Waals surface area contributed by atoms with Crippen LogP contribution in [0.25, 0.3) is 0 Å². The maximum Gasteiger partial charge on any atom is 0.339 e. The first-order valence-electron chi connectivity index (χ1n) is 7.52. The molecule has 0 aliphatic heterocycles. The van der Waals surface area contributed by atoms with Gasteiger partial charge < -0.3 is 15.4 Å². The average Bonchev–Trinajstić information content (AvgIpc) is 2.67. The van der Waals surface area contributed by atoms with Gasteiger partial charge >= 0.3 is 5.97 Å². The maximum atomic E-state index is 12.1. The number of rotatable bonds is 6. The molecule has 126 valence electrons. The molecule has 0 aliphatic rings. The molecule has 0 fully saturated rings. The molecule has 1 amide bonds. The van der Waals surface area contributed by atoms with Gasteiger partial charge in [0, 0.05) is 12.7 Å². The van der Waals surface area contributed by atoms with Gasteiger partial charge in [-0.2, -0.15) is 5.26 Å². The number of nitrogens with zero attached hydrogens (tertiary/aromatic N) is 1. The molecule has 0 radical (unpaired) electrons. The van der Waals surface area contributed by atoms with Crippen molar-refractivity contribution in [3.63, 3.8) is 0 Å². The van der Waals surface area contributed by atoms with Gasteiger partial charge in [-0.05, 0) is 17.7 Å². The maximum absolute atomic E-state index is 12.1. The summed E-state index contributed by atoms with van der Waals surface area (Å²) in [6.45, 7) is 0.317. The van der Waals surface area contributed by atoms with Crippen molar-refractivity contribution < 1.29 is 14.3 Å². The molecule has 6 heteroatoms. The predicted molar refractivity (Wildman–Crippen MR) is 93.4 cm³/mol. The molecule has 2 aromatic rings. The number of carbonyl (C=O) groups is 2. The highest BCUT2D eigenvalue weighted by Gasteiger charge is 2.12. The Kier molecular flexibility index (Phi) is 6.32. The lowest BCUT2D eigenvalue weighted by Crippen LogP contribution is -2.24. The number of anilines is 1. The number of nitrogens with one attached hydrogen (secondary N) is 2. The van der Waals surface area contributed by atoms with Crippen LogP contribution in [-0.4, -0.2) is 19.0 Å². The second kappa shape index (κ2) is 8.89. The molecule has 0 spiro atoms. The molecule has 2 rings (SSSR count). The van der Waals surface area contributed by atoms with E-state index in [1.807, 2.05) is 36.4 Å². The monoisotopic (exact) mass is 335 g/mol. The van der Waals surface area contributed by atoms with E-state index in [1.54, 1.807) is 24.3 Å². The van der Waals surface area contributed by atoms with Gasteiger partial charge in [-0.25, -0.2) is 4.79 Å². The van der Waals surface area contributed by atoms with Crippen molar-refractivity contribution in [2.45, 2.75) is 6.54 Å². The van der Waals surface area contributed by atoms with Crippen LogP contribution in [0.5, 0.6) is 0 Å². The molecule has 0 aliphatic carbocycles. The number of carbonyl (C=O) groups excluding carboxylic acids is 2. The Morgan fingerprint density at radius 3 is 2.48 bits per heavy atom. The predicted octanol–water partition coefficient (Wildman–Crippen LogP) is 2.61. The van der Waals surface area contributed by atoms with Crippen LogP contribution in [0.3, 0.4) is 0 Å². The van der Waals surface area contributed by atoms with Gasteiger partial charge in [0.2, 0.25) is 0 Å². The largest absolute Gasteiger partial charge is 0.465 e. The van der Waals surface area contributed by atoms with E-state index in [0.29, 0.717) is 17.8 Å². The summed E-state index contributed by atoms with van der Waals surface area (Å²) in [6.07, 6.45) is 1.27. The fourth-order valence-corrected chi connectivity index (χ4v) is 2.07. The van der Waals surface area contributed by atoms with Crippen LogP contribution >= 0.6 is 0 Å². The van der Waals surface area contributed by atoms with Crippen LogP contribution in [-0.2, 0) is 16.1 Å². The van der Waals surface area contributed by atoms with Crippen molar-refractivity contribution >= 4 is 17.6 Å². The van der Waals surface area contributed by atoms with Crippen molar-refractivity contribution in [3.05, 3.63) is 77.5 Å². The van der Waals surface area contributed by atoms with Gasteiger partial charge in [-0.15, -0.1) is 0 Å². The fraction of sp³-hybridized carbons (Fsp3) is 0.105. The molecule has 25 heavy (non-hydrogen) atoms. The Balaban J connectivity index is 2.07. The fourth-order valence-electron chi connectivity index (χ4n) is 2.07. The van der Waals surface area contributed by atoms with E-state index in [-0.39, 0.29) is 5.57 Å². The van der Waals surface area contributed by atoms with Gasteiger partial charge in [0.1, 0.15) is 11.6 Å². The number of hydrogen-bond acceptors (Lipinski definition) is 5. The highest BCUT2D eigenvalue weighted by molar-refractivity contribution is 5.98. The quantitative estimate of drug-likeness (QED) is 0.481. The van der Waals surface area contributed by atoms with Crippen LogP contribution in [0.2, 0.25) is 0 Å². The van der Waals surface area contributed by atoms with Crippen LogP contribution < -0.4 is 10.6 Å². The van der Waals surface area contributed by atoms with Crippen LogP contribution in [0.4, 0.5) is 5.69 Å². The van der Waals surface area contributed by atoms with Crippen molar-refractivity contribution in [1.29, 1.82) is 5.26 Å². The summed E-state index contributed by atoms with van der Waals surface area (Å²) in [5.41, 5.74) is 1.58. The first-order valence-corrected chi connectivity index (χ1v) is 7.52. The number of methoxy groups -OCH3 is 1. The molecule has 0 saturated heterocycles. The number of esters is 1. The SMILES string of the molecule is COC(=O)c1ccccc1N/C=C(\C#N)C(=O)NCc1ccccc1. The molecule has 2 N–H and O–H groups in total. The first-order chi connectivity index (χ1) is 12.2. The third kappa shape index (κ3) is 4.94. The first kappa shape index (κ1) is 17.8. The van der Waals surface area contributed by atoms with Crippen molar-refractivity contribution in [3.8, 4) is 6.07 Å². The minimum Gasteiger partial charge on any atom is -0.465 e. The van der Waals surface area contributed by atoms with Crippen molar-refractivity contribution in [1.82, 2.24) is 5.32 Å². The lowest BCUT2D eigenvalue weighted by Gasteiger charge is -2.08. The topological polar surface area (TPSA) is 91.2 Å². The summed E-state index contributed by atoms with van der Waals surface area (Å²) in [7, 11) is 1.28. The average molecular weight is 335 g/mol. The van der Waals surface area contributed by atoms with Gasteiger partial charge in [-0.3, -0.25) is 4.79 Å². The number of amides is 1. The highest BCUT2D eigenvalue weighted by atomic mass is 16.5. The number of nitriles is 1. The Morgan fingerprint density at radius 1 is 1.12 bits per heavy atom. The summed E-state index contributed by atoms with van der Waals surface area (Å²) in [5.74, 6) is -1.02. The Bertz CT molecular complexity index is 823. The number of benzene rings is 2. The molecule has 2 aromatic carbocycles. The molecule has 0 heterocycles. The summed E-state index contributed by atoms with van der Waals surface area (Å²) in [4.78, 5) is 23.8. The van der Waals surface area contributed by atoms with E-state index in [9.17, 15) is 14.9 Å².